The molecule has 150 valence electrons. The van der Waals surface area contributed by atoms with Crippen LogP contribution in [0.2, 0.25) is 0 Å². The molecule has 29 heavy (non-hydrogen) atoms. The molecule has 5 heteroatoms. The molecule has 0 radical (unpaired) electrons. The average Bonchev–Trinajstić information content (AvgIpc) is 2.78. The summed E-state index contributed by atoms with van der Waals surface area (Å²) >= 11 is 0. The molecule has 2 aromatic rings. The third-order valence-electron chi connectivity index (χ3n) is 4.53. The Morgan fingerprint density at radius 3 is 2.14 bits per heavy atom. The maximum absolute atomic E-state index is 5.46. The predicted molar refractivity (Wildman–Crippen MR) is 130 cm³/mol. The van der Waals surface area contributed by atoms with Gasteiger partial charge in [-0.05, 0) is 23.9 Å². The molecule has 0 saturated heterocycles. The van der Waals surface area contributed by atoms with Crippen LogP contribution in [0.3, 0.4) is 0 Å². The van der Waals surface area contributed by atoms with Crippen molar-refractivity contribution < 1.29 is 9.47 Å². The largest absolute Gasteiger partial charge is 0.496 e. The highest BCUT2D eigenvalue weighted by Crippen LogP contribution is 2.22. The van der Waals surface area contributed by atoms with E-state index >= 15 is 0 Å². The third-order valence-corrected chi connectivity index (χ3v) is 6.91. The first kappa shape index (κ1) is 21.5. The Bertz CT molecular complexity index is 919. The first-order valence-electron chi connectivity index (χ1n) is 9.62. The maximum atomic E-state index is 5.46. The smallest absolute Gasteiger partial charge is 0.126 e. The molecule has 1 aliphatic carbocycles. The Morgan fingerprint density at radius 2 is 1.48 bits per heavy atom. The zero-order chi connectivity index (χ0) is 20.3. The van der Waals surface area contributed by atoms with E-state index in [2.05, 4.69) is 60.9 Å². The lowest BCUT2D eigenvalue weighted by molar-refractivity contribution is 0.418. The first-order valence-corrected chi connectivity index (χ1v) is 12.0. The summed E-state index contributed by atoms with van der Waals surface area (Å²) in [7, 11) is 4.79. The number of nitrogens with zero attached hydrogens (tertiary/aromatic N) is 1. The van der Waals surface area contributed by atoms with E-state index in [4.69, 9.17) is 14.5 Å². The van der Waals surface area contributed by atoms with Crippen LogP contribution in [-0.2, 0) is 0 Å². The van der Waals surface area contributed by atoms with E-state index in [9.17, 15) is 0 Å². The summed E-state index contributed by atoms with van der Waals surface area (Å²) in [6.07, 6.45) is 14.7. The summed E-state index contributed by atoms with van der Waals surface area (Å²) in [5.74, 6) is 1.92. The van der Waals surface area contributed by atoms with Gasteiger partial charge in [-0.2, -0.15) is 0 Å². The van der Waals surface area contributed by atoms with Crippen LogP contribution in [0.5, 0.6) is 11.5 Å². The predicted octanol–water partition coefficient (Wildman–Crippen LogP) is 4.50. The van der Waals surface area contributed by atoms with Crippen molar-refractivity contribution in [2.75, 3.05) is 26.5 Å². The molecule has 3 nitrogen and oxygen atoms in total. The molecule has 0 spiro atoms. The van der Waals surface area contributed by atoms with E-state index in [0.29, 0.717) is 17.2 Å². The number of hydrogen-bond acceptors (Lipinski definition) is 3. The molecular weight excluding hydrogens is 396 g/mol. The highest BCUT2D eigenvalue weighted by Gasteiger charge is 2.09. The van der Waals surface area contributed by atoms with Gasteiger partial charge in [0, 0.05) is 23.0 Å². The number of allylic oxidation sites excluding steroid dienone is 3. The summed E-state index contributed by atoms with van der Waals surface area (Å²) in [4.78, 5) is 4.81. The highest BCUT2D eigenvalue weighted by molar-refractivity contribution is 7.48. The fourth-order valence-corrected chi connectivity index (χ4v) is 5.17. The van der Waals surface area contributed by atoms with Gasteiger partial charge in [-0.25, -0.2) is 0 Å². The topological polar surface area (TPSA) is 30.8 Å². The number of benzene rings is 2. The second kappa shape index (κ2) is 11.7. The molecule has 3 unspecified atom stereocenters. The van der Waals surface area contributed by atoms with Crippen molar-refractivity contribution >= 4 is 34.0 Å². The summed E-state index contributed by atoms with van der Waals surface area (Å²) in [5.41, 5.74) is 1.26. The van der Waals surface area contributed by atoms with E-state index in [1.165, 1.54) is 16.2 Å². The van der Waals surface area contributed by atoms with Gasteiger partial charge < -0.3 is 9.47 Å². The van der Waals surface area contributed by atoms with Crippen LogP contribution in [-0.4, -0.2) is 38.8 Å². The van der Waals surface area contributed by atoms with Gasteiger partial charge in [-0.1, -0.05) is 83.9 Å². The van der Waals surface area contributed by atoms with Crippen LogP contribution in [0.4, 0.5) is 0 Å². The minimum atomic E-state index is 0.102. The lowest BCUT2D eigenvalue weighted by Gasteiger charge is -2.13. The second-order valence-electron chi connectivity index (χ2n) is 6.39. The molecule has 1 aliphatic rings. The Hall–Kier alpha value is -2.21. The third kappa shape index (κ3) is 6.39. The van der Waals surface area contributed by atoms with Gasteiger partial charge >= 0.3 is 0 Å². The maximum Gasteiger partial charge on any atom is 0.126 e. The average molecular weight is 423 g/mol. The van der Waals surface area contributed by atoms with Crippen LogP contribution in [0.1, 0.15) is 0 Å². The SMILES string of the molecule is COc1ccccc1PCC=NC1C=CC=CC1=CCPc1ccccc1OC. The number of rotatable bonds is 9. The van der Waals surface area contributed by atoms with Crippen molar-refractivity contribution in [1.29, 1.82) is 0 Å². The van der Waals surface area contributed by atoms with Gasteiger partial charge in [0.2, 0.25) is 0 Å². The molecule has 0 aliphatic heterocycles. The van der Waals surface area contributed by atoms with Gasteiger partial charge in [-0.15, -0.1) is 0 Å². The summed E-state index contributed by atoms with van der Waals surface area (Å²) in [6.45, 7) is 0. The van der Waals surface area contributed by atoms with Gasteiger partial charge in [0.25, 0.3) is 0 Å². The molecular formula is C24H27NO2P2. The standard InChI is InChI=1S/C24H27NO2P2/c1-26-21-11-5-7-13-23(21)28-17-15-19-9-3-4-10-20(19)25-16-18-29-24-14-8-6-12-22(24)27-2/h3-16,20,28-29H,17-18H2,1-2H3. The quantitative estimate of drug-likeness (QED) is 0.439. The van der Waals surface area contributed by atoms with Crippen molar-refractivity contribution in [3.63, 3.8) is 0 Å². The number of methoxy groups -OCH3 is 2. The van der Waals surface area contributed by atoms with E-state index < -0.39 is 0 Å². The monoisotopic (exact) mass is 423 g/mol. The molecule has 3 rings (SSSR count). The van der Waals surface area contributed by atoms with Crippen molar-refractivity contribution in [2.45, 2.75) is 6.04 Å². The number of aliphatic imine (C=N–C) groups is 1. The van der Waals surface area contributed by atoms with Crippen molar-refractivity contribution in [2.24, 2.45) is 4.99 Å². The van der Waals surface area contributed by atoms with E-state index in [0.717, 1.165) is 23.8 Å². The molecule has 0 bridgehead atoms. The second-order valence-corrected chi connectivity index (χ2v) is 8.99. The van der Waals surface area contributed by atoms with Gasteiger partial charge in [0.1, 0.15) is 11.5 Å². The van der Waals surface area contributed by atoms with Crippen molar-refractivity contribution in [3.8, 4) is 11.5 Å². The minimum Gasteiger partial charge on any atom is -0.496 e. The van der Waals surface area contributed by atoms with Gasteiger partial charge in [0.15, 0.2) is 0 Å². The van der Waals surface area contributed by atoms with E-state index in [1.807, 2.05) is 24.3 Å². The van der Waals surface area contributed by atoms with E-state index in [-0.39, 0.29) is 6.04 Å². The number of para-hydroxylation sites is 2. The molecule has 0 aromatic heterocycles. The summed E-state index contributed by atoms with van der Waals surface area (Å²) in [5, 5.41) is 2.51. The highest BCUT2D eigenvalue weighted by atomic mass is 31.1. The van der Waals surface area contributed by atoms with Crippen molar-refractivity contribution in [3.05, 3.63) is 84.5 Å². The molecule has 0 heterocycles. The number of hydrogen-bond donors (Lipinski definition) is 0. The zero-order valence-corrected chi connectivity index (χ0v) is 18.8. The van der Waals surface area contributed by atoms with E-state index in [1.54, 1.807) is 14.2 Å². The fourth-order valence-electron chi connectivity index (χ4n) is 3.05. The van der Waals surface area contributed by atoms with Gasteiger partial charge in [0.05, 0.1) is 20.3 Å². The molecule has 2 aromatic carbocycles. The summed E-state index contributed by atoms with van der Waals surface area (Å²) < 4.78 is 10.9. The molecule has 0 fully saturated rings. The molecule has 0 N–H and O–H groups in total. The van der Waals surface area contributed by atoms with Crippen LogP contribution < -0.4 is 20.1 Å². The lowest BCUT2D eigenvalue weighted by Crippen LogP contribution is -2.08. The Balaban J connectivity index is 1.56. The Morgan fingerprint density at radius 1 is 0.862 bits per heavy atom. The van der Waals surface area contributed by atoms with Crippen LogP contribution in [0.25, 0.3) is 0 Å². The zero-order valence-electron chi connectivity index (χ0n) is 16.8. The van der Waals surface area contributed by atoms with Crippen LogP contribution >= 0.6 is 17.2 Å². The lowest BCUT2D eigenvalue weighted by atomic mass is 10.0. The minimum absolute atomic E-state index is 0.102. The van der Waals surface area contributed by atoms with Crippen LogP contribution in [0, 0.1) is 0 Å². The Labute approximate surface area is 177 Å². The number of ether oxygens (including phenoxy) is 2. The molecule has 0 saturated carbocycles. The molecule has 3 atom stereocenters. The first-order chi connectivity index (χ1) is 14.3. The summed E-state index contributed by atoms with van der Waals surface area (Å²) in [6, 6.07) is 16.5. The van der Waals surface area contributed by atoms with Gasteiger partial charge in [-0.3, -0.25) is 4.99 Å². The molecule has 0 amide bonds. The fraction of sp³-hybridized carbons (Fsp3) is 0.208. The van der Waals surface area contributed by atoms with Crippen LogP contribution in [0.15, 0.2) is 89.5 Å². The van der Waals surface area contributed by atoms with Crippen molar-refractivity contribution in [1.82, 2.24) is 0 Å². The Kier molecular flexibility index (Phi) is 8.68. The normalized spacial score (nSPS) is 18.0.